The Hall–Kier alpha value is -1.71. The largest absolute Gasteiger partial charge is 0.304 e. The highest BCUT2D eigenvalue weighted by atomic mass is 79.9. The van der Waals surface area contributed by atoms with Crippen LogP contribution in [0, 0.1) is 6.92 Å². The molecule has 1 amide bonds. The van der Waals surface area contributed by atoms with Gasteiger partial charge >= 0.3 is 0 Å². The van der Waals surface area contributed by atoms with Crippen LogP contribution in [0.4, 0.5) is 5.82 Å². The molecule has 0 radical (unpaired) electrons. The van der Waals surface area contributed by atoms with Gasteiger partial charge in [0.2, 0.25) is 10.0 Å². The molecule has 0 aliphatic rings. The lowest BCUT2D eigenvalue weighted by atomic mass is 10.1. The van der Waals surface area contributed by atoms with Crippen LogP contribution in [0.1, 0.15) is 15.9 Å². The number of aromatic nitrogens is 2. The zero-order valence-corrected chi connectivity index (χ0v) is 13.7. The fraction of sp³-hybridized carbons (Fsp3) is 0.167. The smallest absolute Gasteiger partial charge is 0.257 e. The molecular weight excluding hydrogens is 360 g/mol. The average Bonchev–Trinajstić information content (AvgIpc) is 2.73. The number of sulfonamides is 1. The molecule has 2 aromatic rings. The molecule has 9 heteroatoms. The first-order valence-corrected chi connectivity index (χ1v) is 8.17. The molecule has 112 valence electrons. The molecule has 0 fully saturated rings. The highest BCUT2D eigenvalue weighted by Gasteiger charge is 2.21. The lowest BCUT2D eigenvalue weighted by Crippen LogP contribution is -2.18. The minimum absolute atomic E-state index is 0.0932. The quantitative estimate of drug-likeness (QED) is 0.848. The van der Waals surface area contributed by atoms with Crippen LogP contribution in [0.3, 0.4) is 0 Å². The predicted octanol–water partition coefficient (Wildman–Crippen LogP) is 1.39. The number of carbonyl (C=O) groups excluding carboxylic acids is 1. The summed E-state index contributed by atoms with van der Waals surface area (Å²) in [6, 6.07) is 5.16. The number of amides is 1. The first-order chi connectivity index (χ1) is 9.70. The summed E-state index contributed by atoms with van der Waals surface area (Å²) in [5.74, 6) is -0.554. The van der Waals surface area contributed by atoms with E-state index in [0.29, 0.717) is 5.56 Å². The van der Waals surface area contributed by atoms with Crippen molar-refractivity contribution in [1.82, 2.24) is 9.78 Å². The second kappa shape index (κ2) is 5.58. The number of nitrogens with zero attached hydrogens (tertiary/aromatic N) is 2. The number of rotatable bonds is 3. The second-order valence-electron chi connectivity index (χ2n) is 4.43. The SMILES string of the molecule is Cc1c(Br)cccc1C(=O)Nc1nn(C)cc1S(N)(=O)=O. The minimum atomic E-state index is -3.97. The Morgan fingerprint density at radius 3 is 2.71 bits per heavy atom. The lowest BCUT2D eigenvalue weighted by Gasteiger charge is -2.08. The molecule has 1 aromatic carbocycles. The summed E-state index contributed by atoms with van der Waals surface area (Å²) in [5, 5.41) is 11.5. The number of nitrogens with two attached hydrogens (primary N) is 1. The Bertz CT molecular complexity index is 814. The van der Waals surface area contributed by atoms with E-state index in [2.05, 4.69) is 26.3 Å². The van der Waals surface area contributed by atoms with Crippen LogP contribution in [0.15, 0.2) is 33.8 Å². The van der Waals surface area contributed by atoms with Crippen LogP contribution in [-0.4, -0.2) is 24.1 Å². The van der Waals surface area contributed by atoms with Crippen molar-refractivity contribution < 1.29 is 13.2 Å². The van der Waals surface area contributed by atoms with Crippen molar-refractivity contribution in [3.8, 4) is 0 Å². The van der Waals surface area contributed by atoms with E-state index in [1.54, 1.807) is 19.1 Å². The molecule has 0 bridgehead atoms. The van der Waals surface area contributed by atoms with E-state index in [-0.39, 0.29) is 10.7 Å². The molecule has 21 heavy (non-hydrogen) atoms. The molecule has 1 heterocycles. The van der Waals surface area contributed by atoms with Crippen molar-refractivity contribution in [2.75, 3.05) is 5.32 Å². The zero-order valence-electron chi connectivity index (χ0n) is 11.3. The standard InChI is InChI=1S/C12H13BrN4O3S/c1-7-8(4-3-5-9(7)13)12(18)15-11-10(21(14,19)20)6-17(2)16-11/h3-6H,1-2H3,(H2,14,19,20)(H,15,16,18). The first-order valence-electron chi connectivity index (χ1n) is 5.83. The normalized spacial score (nSPS) is 11.4. The summed E-state index contributed by atoms with van der Waals surface area (Å²) in [4.78, 5) is 12.0. The van der Waals surface area contributed by atoms with Gasteiger partial charge in [0.05, 0.1) is 0 Å². The van der Waals surface area contributed by atoms with Crippen molar-refractivity contribution in [2.24, 2.45) is 12.2 Å². The summed E-state index contributed by atoms with van der Waals surface area (Å²) in [6.07, 6.45) is 1.23. The fourth-order valence-electron chi connectivity index (χ4n) is 1.79. The van der Waals surface area contributed by atoms with Gasteiger partial charge in [-0.05, 0) is 24.6 Å². The number of aryl methyl sites for hydroxylation is 1. The summed E-state index contributed by atoms with van der Waals surface area (Å²) in [7, 11) is -2.43. The molecule has 0 unspecified atom stereocenters. The second-order valence-corrected chi connectivity index (χ2v) is 6.81. The van der Waals surface area contributed by atoms with Gasteiger partial charge in [-0.1, -0.05) is 22.0 Å². The molecule has 0 spiro atoms. The topological polar surface area (TPSA) is 107 Å². The number of anilines is 1. The molecule has 0 aliphatic heterocycles. The van der Waals surface area contributed by atoms with E-state index < -0.39 is 15.9 Å². The molecule has 1 aromatic heterocycles. The number of hydrogen-bond acceptors (Lipinski definition) is 4. The Labute approximate surface area is 130 Å². The number of benzene rings is 1. The molecule has 0 atom stereocenters. The van der Waals surface area contributed by atoms with Gasteiger partial charge in [-0.25, -0.2) is 13.6 Å². The number of halogens is 1. The van der Waals surface area contributed by atoms with Crippen LogP contribution >= 0.6 is 15.9 Å². The highest BCUT2D eigenvalue weighted by molar-refractivity contribution is 9.10. The van der Waals surface area contributed by atoms with E-state index in [4.69, 9.17) is 5.14 Å². The van der Waals surface area contributed by atoms with Gasteiger partial charge in [0.1, 0.15) is 4.90 Å². The van der Waals surface area contributed by atoms with Gasteiger partial charge in [0.15, 0.2) is 5.82 Å². The summed E-state index contributed by atoms with van der Waals surface area (Å²) in [6.45, 7) is 1.78. The van der Waals surface area contributed by atoms with Gasteiger partial charge in [-0.15, -0.1) is 0 Å². The van der Waals surface area contributed by atoms with Gasteiger partial charge in [-0.2, -0.15) is 5.10 Å². The van der Waals surface area contributed by atoms with Crippen molar-refractivity contribution in [1.29, 1.82) is 0 Å². The number of primary sulfonamides is 1. The van der Waals surface area contributed by atoms with Crippen LogP contribution in [-0.2, 0) is 17.1 Å². The van der Waals surface area contributed by atoms with Crippen LogP contribution in [0.2, 0.25) is 0 Å². The highest BCUT2D eigenvalue weighted by Crippen LogP contribution is 2.22. The molecule has 0 saturated carbocycles. The molecular formula is C12H13BrN4O3S. The van der Waals surface area contributed by atoms with Gasteiger partial charge < -0.3 is 5.32 Å². The summed E-state index contributed by atoms with van der Waals surface area (Å²) >= 11 is 3.33. The Kier molecular flexibility index (Phi) is 4.17. The fourth-order valence-corrected chi connectivity index (χ4v) is 2.82. The molecule has 0 aliphatic carbocycles. The number of nitrogens with one attached hydrogen (secondary N) is 1. The average molecular weight is 373 g/mol. The molecule has 0 saturated heterocycles. The lowest BCUT2D eigenvalue weighted by molar-refractivity contribution is 0.102. The van der Waals surface area contributed by atoms with Crippen LogP contribution < -0.4 is 10.5 Å². The molecule has 7 nitrogen and oxygen atoms in total. The van der Waals surface area contributed by atoms with Gasteiger partial charge in [-0.3, -0.25) is 9.48 Å². The maximum absolute atomic E-state index is 12.3. The zero-order chi connectivity index (χ0) is 15.8. The Morgan fingerprint density at radius 2 is 2.10 bits per heavy atom. The maximum Gasteiger partial charge on any atom is 0.257 e. The van der Waals surface area contributed by atoms with Crippen molar-refractivity contribution in [3.63, 3.8) is 0 Å². The first kappa shape index (κ1) is 15.7. The number of hydrogen-bond donors (Lipinski definition) is 2. The van der Waals surface area contributed by atoms with E-state index in [1.165, 1.54) is 17.9 Å². The number of carbonyl (C=O) groups is 1. The molecule has 3 N–H and O–H groups in total. The van der Waals surface area contributed by atoms with Crippen molar-refractivity contribution in [2.45, 2.75) is 11.8 Å². The van der Waals surface area contributed by atoms with E-state index >= 15 is 0 Å². The van der Waals surface area contributed by atoms with Gasteiger partial charge in [0.25, 0.3) is 5.91 Å². The third-order valence-electron chi connectivity index (χ3n) is 2.85. The minimum Gasteiger partial charge on any atom is -0.304 e. The Morgan fingerprint density at radius 1 is 1.43 bits per heavy atom. The summed E-state index contributed by atoms with van der Waals surface area (Å²) in [5.41, 5.74) is 1.15. The van der Waals surface area contributed by atoms with Crippen molar-refractivity contribution in [3.05, 3.63) is 40.0 Å². The molecule has 2 rings (SSSR count). The van der Waals surface area contributed by atoms with Crippen LogP contribution in [0.5, 0.6) is 0 Å². The summed E-state index contributed by atoms with van der Waals surface area (Å²) < 4.78 is 25.0. The Balaban J connectivity index is 2.39. The third-order valence-corrected chi connectivity index (χ3v) is 4.62. The predicted molar refractivity (Wildman–Crippen MR) is 81.4 cm³/mol. The van der Waals surface area contributed by atoms with E-state index in [9.17, 15) is 13.2 Å². The van der Waals surface area contributed by atoms with E-state index in [0.717, 1.165) is 10.0 Å². The van der Waals surface area contributed by atoms with E-state index in [1.807, 2.05) is 6.07 Å². The maximum atomic E-state index is 12.3. The van der Waals surface area contributed by atoms with Gasteiger partial charge in [0, 0.05) is 23.3 Å². The monoisotopic (exact) mass is 372 g/mol. The third kappa shape index (κ3) is 3.31. The van der Waals surface area contributed by atoms with Crippen molar-refractivity contribution >= 4 is 37.7 Å². The van der Waals surface area contributed by atoms with Crippen LogP contribution in [0.25, 0.3) is 0 Å².